The molecule has 0 aliphatic carbocycles. The Morgan fingerprint density at radius 1 is 1.14 bits per heavy atom. The number of aromatic nitrogens is 1. The topological polar surface area (TPSA) is 48.1 Å². The first kappa shape index (κ1) is 13.5. The van der Waals surface area contributed by atoms with Crippen molar-refractivity contribution in [2.45, 2.75) is 6.92 Å². The van der Waals surface area contributed by atoms with E-state index in [4.69, 9.17) is 22.7 Å². The number of para-hydroxylation sites is 1. The van der Waals surface area contributed by atoms with Crippen LogP contribution >= 0.6 is 12.2 Å². The summed E-state index contributed by atoms with van der Waals surface area (Å²) >= 11 is 5.11. The average molecular weight is 294 g/mol. The Kier molecular flexibility index (Phi) is 3.54. The minimum absolute atomic E-state index is 0.274. The lowest BCUT2D eigenvalue weighted by atomic mass is 10.1. The van der Waals surface area contributed by atoms with Crippen molar-refractivity contribution in [2.24, 2.45) is 5.73 Å². The van der Waals surface area contributed by atoms with Gasteiger partial charge in [-0.3, -0.25) is 4.98 Å². The highest BCUT2D eigenvalue weighted by Gasteiger charge is 2.13. The van der Waals surface area contributed by atoms with Crippen LogP contribution < -0.4 is 10.5 Å². The van der Waals surface area contributed by atoms with Crippen molar-refractivity contribution in [1.82, 2.24) is 4.98 Å². The van der Waals surface area contributed by atoms with Crippen molar-refractivity contribution in [3.8, 4) is 11.5 Å². The van der Waals surface area contributed by atoms with E-state index in [2.05, 4.69) is 4.98 Å². The second-order valence-electron chi connectivity index (χ2n) is 4.80. The zero-order chi connectivity index (χ0) is 14.8. The molecule has 0 atom stereocenters. The highest BCUT2D eigenvalue weighted by atomic mass is 32.1. The molecule has 3 nitrogen and oxygen atoms in total. The first-order valence-corrected chi connectivity index (χ1v) is 6.98. The van der Waals surface area contributed by atoms with Gasteiger partial charge in [-0.15, -0.1) is 0 Å². The van der Waals surface area contributed by atoms with Crippen molar-refractivity contribution >= 4 is 28.1 Å². The predicted molar refractivity (Wildman–Crippen MR) is 88.9 cm³/mol. The minimum Gasteiger partial charge on any atom is -0.456 e. The molecule has 3 aromatic rings. The third-order valence-electron chi connectivity index (χ3n) is 3.20. The van der Waals surface area contributed by atoms with Gasteiger partial charge in [0.1, 0.15) is 16.5 Å². The van der Waals surface area contributed by atoms with Crippen LogP contribution in [0, 0.1) is 6.92 Å². The zero-order valence-electron chi connectivity index (χ0n) is 11.5. The molecule has 0 amide bonds. The summed E-state index contributed by atoms with van der Waals surface area (Å²) in [5.41, 5.74) is 8.42. The Bertz CT molecular complexity index is 830. The minimum atomic E-state index is 0.274. The molecule has 0 aliphatic rings. The van der Waals surface area contributed by atoms with E-state index in [1.807, 2.05) is 55.5 Å². The molecule has 1 heterocycles. The fourth-order valence-corrected chi connectivity index (χ4v) is 2.34. The van der Waals surface area contributed by atoms with E-state index >= 15 is 0 Å². The first-order valence-electron chi connectivity index (χ1n) is 6.57. The Hall–Kier alpha value is -2.46. The predicted octanol–water partition coefficient (Wildman–Crippen LogP) is 3.97. The standard InChI is InChI=1S/C17H14N2OS/c1-11-5-4-6-12(9-11)20-16-13-7-2-3-8-15(13)19-10-14(16)17(18)21/h2-10H,1H3,(H2,18,21). The third-order valence-corrected chi connectivity index (χ3v) is 3.42. The van der Waals surface area contributed by atoms with Crippen LogP contribution in [0.4, 0.5) is 0 Å². The normalized spacial score (nSPS) is 10.5. The summed E-state index contributed by atoms with van der Waals surface area (Å²) in [4.78, 5) is 4.65. The number of rotatable bonds is 3. The number of nitrogens with two attached hydrogens (primary N) is 1. The SMILES string of the molecule is Cc1cccc(Oc2c(C(N)=S)cnc3ccccc23)c1. The molecule has 0 aliphatic heterocycles. The fourth-order valence-electron chi connectivity index (χ4n) is 2.20. The number of pyridine rings is 1. The Balaban J connectivity index is 2.18. The number of hydrogen-bond acceptors (Lipinski definition) is 3. The number of benzene rings is 2. The molecule has 2 N–H and O–H groups in total. The van der Waals surface area contributed by atoms with E-state index in [1.165, 1.54) is 0 Å². The van der Waals surface area contributed by atoms with Crippen molar-refractivity contribution in [3.05, 3.63) is 65.9 Å². The summed E-state index contributed by atoms with van der Waals surface area (Å²) in [6.45, 7) is 2.02. The molecule has 4 heteroatoms. The quantitative estimate of drug-likeness (QED) is 0.743. The summed E-state index contributed by atoms with van der Waals surface area (Å²) in [5, 5.41) is 0.893. The van der Waals surface area contributed by atoms with Crippen LogP contribution in [0.25, 0.3) is 10.9 Å². The molecule has 0 saturated carbocycles. The molecule has 0 fully saturated rings. The zero-order valence-corrected chi connectivity index (χ0v) is 12.4. The van der Waals surface area contributed by atoms with Gasteiger partial charge in [-0.2, -0.15) is 0 Å². The van der Waals surface area contributed by atoms with Gasteiger partial charge >= 0.3 is 0 Å². The van der Waals surface area contributed by atoms with Gasteiger partial charge in [0.05, 0.1) is 11.1 Å². The van der Waals surface area contributed by atoms with Crippen LogP contribution in [-0.2, 0) is 0 Å². The van der Waals surface area contributed by atoms with Gasteiger partial charge in [0.15, 0.2) is 0 Å². The van der Waals surface area contributed by atoms with E-state index in [0.29, 0.717) is 11.3 Å². The Morgan fingerprint density at radius 3 is 2.71 bits per heavy atom. The number of thiocarbonyl (C=S) groups is 1. The molecule has 21 heavy (non-hydrogen) atoms. The maximum atomic E-state index is 6.06. The maximum absolute atomic E-state index is 6.06. The van der Waals surface area contributed by atoms with Crippen LogP contribution in [0.5, 0.6) is 11.5 Å². The van der Waals surface area contributed by atoms with Gasteiger partial charge in [-0.05, 0) is 36.8 Å². The average Bonchev–Trinajstić information content (AvgIpc) is 2.47. The second-order valence-corrected chi connectivity index (χ2v) is 5.24. The number of fused-ring (bicyclic) bond motifs is 1. The van der Waals surface area contributed by atoms with Crippen LogP contribution in [-0.4, -0.2) is 9.97 Å². The van der Waals surface area contributed by atoms with Gasteiger partial charge in [-0.25, -0.2) is 0 Å². The van der Waals surface area contributed by atoms with Crippen molar-refractivity contribution < 1.29 is 4.74 Å². The number of hydrogen-bond donors (Lipinski definition) is 1. The van der Waals surface area contributed by atoms with Crippen molar-refractivity contribution in [1.29, 1.82) is 0 Å². The number of ether oxygens (including phenoxy) is 1. The lowest BCUT2D eigenvalue weighted by molar-refractivity contribution is 0.486. The lowest BCUT2D eigenvalue weighted by Gasteiger charge is -2.13. The first-order chi connectivity index (χ1) is 10.1. The Morgan fingerprint density at radius 2 is 1.95 bits per heavy atom. The van der Waals surface area contributed by atoms with Crippen LogP contribution in [0.3, 0.4) is 0 Å². The smallest absolute Gasteiger partial charge is 0.148 e. The van der Waals surface area contributed by atoms with Crippen molar-refractivity contribution in [2.75, 3.05) is 0 Å². The summed E-state index contributed by atoms with van der Waals surface area (Å²) in [7, 11) is 0. The van der Waals surface area contributed by atoms with Gasteiger partial charge in [0.2, 0.25) is 0 Å². The molecule has 104 valence electrons. The third kappa shape index (κ3) is 2.71. The molecule has 0 unspecified atom stereocenters. The fraction of sp³-hybridized carbons (Fsp3) is 0.0588. The largest absolute Gasteiger partial charge is 0.456 e. The van der Waals surface area contributed by atoms with E-state index < -0.39 is 0 Å². The van der Waals surface area contributed by atoms with E-state index in [1.54, 1.807) is 6.20 Å². The van der Waals surface area contributed by atoms with E-state index in [-0.39, 0.29) is 4.99 Å². The molecule has 0 bridgehead atoms. The lowest BCUT2D eigenvalue weighted by Crippen LogP contribution is -2.11. The summed E-state index contributed by atoms with van der Waals surface area (Å²) in [5.74, 6) is 1.41. The summed E-state index contributed by atoms with van der Waals surface area (Å²) < 4.78 is 6.06. The van der Waals surface area contributed by atoms with E-state index in [0.717, 1.165) is 22.2 Å². The van der Waals surface area contributed by atoms with Crippen LogP contribution in [0.1, 0.15) is 11.1 Å². The maximum Gasteiger partial charge on any atom is 0.148 e. The Labute approximate surface area is 128 Å². The number of aryl methyl sites for hydroxylation is 1. The molecular weight excluding hydrogens is 280 g/mol. The highest BCUT2D eigenvalue weighted by Crippen LogP contribution is 2.32. The van der Waals surface area contributed by atoms with Crippen LogP contribution in [0.2, 0.25) is 0 Å². The number of nitrogens with zero attached hydrogens (tertiary/aromatic N) is 1. The second kappa shape index (κ2) is 5.50. The molecule has 0 saturated heterocycles. The molecular formula is C17H14N2OS. The molecule has 3 rings (SSSR count). The molecule has 0 radical (unpaired) electrons. The molecule has 2 aromatic carbocycles. The van der Waals surface area contributed by atoms with Gasteiger partial charge in [0.25, 0.3) is 0 Å². The summed E-state index contributed by atoms with van der Waals surface area (Å²) in [6, 6.07) is 15.6. The summed E-state index contributed by atoms with van der Waals surface area (Å²) in [6.07, 6.45) is 1.66. The van der Waals surface area contributed by atoms with Gasteiger partial charge in [0, 0.05) is 11.6 Å². The van der Waals surface area contributed by atoms with Crippen LogP contribution in [0.15, 0.2) is 54.7 Å². The molecule has 1 aromatic heterocycles. The van der Waals surface area contributed by atoms with Gasteiger partial charge in [-0.1, -0.05) is 36.5 Å². The van der Waals surface area contributed by atoms with Crippen molar-refractivity contribution in [3.63, 3.8) is 0 Å². The highest BCUT2D eigenvalue weighted by molar-refractivity contribution is 7.80. The van der Waals surface area contributed by atoms with Gasteiger partial charge < -0.3 is 10.5 Å². The monoisotopic (exact) mass is 294 g/mol. The van der Waals surface area contributed by atoms with E-state index in [9.17, 15) is 0 Å². The molecule has 0 spiro atoms.